The highest BCUT2D eigenvalue weighted by atomic mass is 19.1. The number of hydrogen-bond acceptors (Lipinski definition) is 1. The fourth-order valence-corrected chi connectivity index (χ4v) is 1.52. The van der Waals surface area contributed by atoms with Crippen LogP contribution in [0.1, 0.15) is 31.9 Å². The Morgan fingerprint density at radius 3 is 2.21 bits per heavy atom. The molecule has 14 heavy (non-hydrogen) atoms. The third kappa shape index (κ3) is 3.46. The Labute approximate surface area is 84.6 Å². The fraction of sp³-hybridized carbons (Fsp3) is 0.500. The van der Waals surface area contributed by atoms with Crippen LogP contribution in [0.15, 0.2) is 18.2 Å². The van der Waals surface area contributed by atoms with Crippen LogP contribution in [0.2, 0.25) is 0 Å². The molecule has 2 heteroatoms. The van der Waals surface area contributed by atoms with Crippen LogP contribution in [-0.2, 0) is 13.0 Å². The number of hydrogen-bond donors (Lipinski definition) is 1. The summed E-state index contributed by atoms with van der Waals surface area (Å²) in [5, 5.41) is 8.92. The zero-order chi connectivity index (χ0) is 10.8. The maximum atomic E-state index is 13.1. The largest absolute Gasteiger partial charge is 0.392 e. The van der Waals surface area contributed by atoms with Crippen molar-refractivity contribution in [1.82, 2.24) is 0 Å². The molecule has 78 valence electrons. The second kappa shape index (κ2) is 4.09. The molecule has 0 aliphatic heterocycles. The summed E-state index contributed by atoms with van der Waals surface area (Å²) in [6.07, 6.45) is 0.817. The SMILES string of the molecule is CC(C)(C)Cc1cc(F)cc(CO)c1. The zero-order valence-electron chi connectivity index (χ0n) is 8.97. The predicted molar refractivity (Wildman–Crippen MR) is 55.5 cm³/mol. The molecule has 0 saturated heterocycles. The van der Waals surface area contributed by atoms with Crippen LogP contribution in [0, 0.1) is 11.2 Å². The van der Waals surface area contributed by atoms with Crippen molar-refractivity contribution in [3.05, 3.63) is 35.1 Å². The van der Waals surface area contributed by atoms with Crippen molar-refractivity contribution in [1.29, 1.82) is 0 Å². The van der Waals surface area contributed by atoms with Gasteiger partial charge in [0.15, 0.2) is 0 Å². The summed E-state index contributed by atoms with van der Waals surface area (Å²) in [7, 11) is 0. The van der Waals surface area contributed by atoms with Gasteiger partial charge in [-0.1, -0.05) is 26.8 Å². The van der Waals surface area contributed by atoms with E-state index < -0.39 is 0 Å². The van der Waals surface area contributed by atoms with Crippen molar-refractivity contribution in [2.75, 3.05) is 0 Å². The Hall–Kier alpha value is -0.890. The number of halogens is 1. The van der Waals surface area contributed by atoms with E-state index in [1.807, 2.05) is 6.07 Å². The molecular weight excluding hydrogens is 179 g/mol. The Kier molecular flexibility index (Phi) is 3.27. The number of rotatable bonds is 2. The average Bonchev–Trinajstić information content (AvgIpc) is 1.99. The van der Waals surface area contributed by atoms with E-state index in [-0.39, 0.29) is 17.8 Å². The lowest BCUT2D eigenvalue weighted by atomic mass is 9.88. The van der Waals surface area contributed by atoms with Crippen LogP contribution in [0.5, 0.6) is 0 Å². The van der Waals surface area contributed by atoms with Crippen molar-refractivity contribution >= 4 is 0 Å². The van der Waals surface area contributed by atoms with Crippen molar-refractivity contribution in [2.45, 2.75) is 33.8 Å². The van der Waals surface area contributed by atoms with Gasteiger partial charge in [0.1, 0.15) is 5.82 Å². The molecule has 1 aromatic carbocycles. The molecule has 0 saturated carbocycles. The van der Waals surface area contributed by atoms with Gasteiger partial charge < -0.3 is 5.11 Å². The van der Waals surface area contributed by atoms with Crippen molar-refractivity contribution in [2.24, 2.45) is 5.41 Å². The van der Waals surface area contributed by atoms with Gasteiger partial charge in [-0.3, -0.25) is 0 Å². The Morgan fingerprint density at radius 2 is 1.71 bits per heavy atom. The van der Waals surface area contributed by atoms with E-state index in [1.165, 1.54) is 12.1 Å². The van der Waals surface area contributed by atoms with E-state index in [0.717, 1.165) is 12.0 Å². The normalized spacial score (nSPS) is 11.8. The molecule has 0 aliphatic carbocycles. The van der Waals surface area contributed by atoms with Crippen LogP contribution in [-0.4, -0.2) is 5.11 Å². The van der Waals surface area contributed by atoms with Crippen LogP contribution >= 0.6 is 0 Å². The molecule has 0 amide bonds. The smallest absolute Gasteiger partial charge is 0.123 e. The summed E-state index contributed by atoms with van der Waals surface area (Å²) in [4.78, 5) is 0. The standard InChI is InChI=1S/C12H17FO/c1-12(2,3)7-9-4-10(8-14)6-11(13)5-9/h4-6,14H,7-8H2,1-3H3. The second-order valence-corrected chi connectivity index (χ2v) is 4.86. The molecule has 0 aromatic heterocycles. The van der Waals surface area contributed by atoms with Gasteiger partial charge in [-0.05, 0) is 35.1 Å². The molecule has 0 aliphatic rings. The first-order chi connectivity index (χ1) is 6.40. The van der Waals surface area contributed by atoms with Gasteiger partial charge in [-0.2, -0.15) is 0 Å². The molecule has 1 aromatic rings. The van der Waals surface area contributed by atoms with Crippen LogP contribution in [0.25, 0.3) is 0 Å². The van der Waals surface area contributed by atoms with Gasteiger partial charge in [0.2, 0.25) is 0 Å². The molecule has 0 radical (unpaired) electrons. The lowest BCUT2D eigenvalue weighted by Gasteiger charge is -2.18. The van der Waals surface area contributed by atoms with Gasteiger partial charge in [0, 0.05) is 0 Å². The lowest BCUT2D eigenvalue weighted by Crippen LogP contribution is -2.09. The summed E-state index contributed by atoms with van der Waals surface area (Å²) >= 11 is 0. The Morgan fingerprint density at radius 1 is 1.14 bits per heavy atom. The van der Waals surface area contributed by atoms with Gasteiger partial charge >= 0.3 is 0 Å². The summed E-state index contributed by atoms with van der Waals surface area (Å²) in [5.41, 5.74) is 1.73. The van der Waals surface area contributed by atoms with E-state index in [4.69, 9.17) is 5.11 Å². The number of aliphatic hydroxyl groups excluding tert-OH is 1. The number of benzene rings is 1. The minimum Gasteiger partial charge on any atom is -0.392 e. The van der Waals surface area contributed by atoms with Gasteiger partial charge in [0.05, 0.1) is 6.61 Å². The van der Waals surface area contributed by atoms with E-state index in [2.05, 4.69) is 20.8 Å². The van der Waals surface area contributed by atoms with Crippen LogP contribution < -0.4 is 0 Å². The fourth-order valence-electron chi connectivity index (χ4n) is 1.52. The molecule has 0 spiro atoms. The summed E-state index contributed by atoms with van der Waals surface area (Å²) < 4.78 is 13.1. The van der Waals surface area contributed by atoms with Crippen LogP contribution in [0.4, 0.5) is 4.39 Å². The van der Waals surface area contributed by atoms with E-state index in [0.29, 0.717) is 5.56 Å². The minimum atomic E-state index is -0.268. The van der Waals surface area contributed by atoms with Crippen molar-refractivity contribution < 1.29 is 9.50 Å². The van der Waals surface area contributed by atoms with E-state index in [1.54, 1.807) is 0 Å². The molecular formula is C12H17FO. The highest BCUT2D eigenvalue weighted by Gasteiger charge is 2.12. The molecule has 0 fully saturated rings. The molecule has 0 bridgehead atoms. The molecule has 1 N–H and O–H groups in total. The lowest BCUT2D eigenvalue weighted by molar-refractivity contribution is 0.281. The second-order valence-electron chi connectivity index (χ2n) is 4.86. The molecule has 0 heterocycles. The Balaban J connectivity index is 2.92. The molecule has 1 nitrogen and oxygen atoms in total. The third-order valence-electron chi connectivity index (χ3n) is 1.93. The highest BCUT2D eigenvalue weighted by molar-refractivity contribution is 5.25. The molecule has 0 unspecified atom stereocenters. The van der Waals surface area contributed by atoms with E-state index in [9.17, 15) is 4.39 Å². The number of aliphatic hydroxyl groups is 1. The maximum Gasteiger partial charge on any atom is 0.123 e. The maximum absolute atomic E-state index is 13.1. The first-order valence-electron chi connectivity index (χ1n) is 4.80. The topological polar surface area (TPSA) is 20.2 Å². The molecule has 1 rings (SSSR count). The average molecular weight is 196 g/mol. The van der Waals surface area contributed by atoms with Gasteiger partial charge in [0.25, 0.3) is 0 Å². The first kappa shape index (κ1) is 11.2. The highest BCUT2D eigenvalue weighted by Crippen LogP contribution is 2.22. The summed E-state index contributed by atoms with van der Waals surface area (Å²) in [6.45, 7) is 6.22. The van der Waals surface area contributed by atoms with Crippen LogP contribution in [0.3, 0.4) is 0 Å². The minimum absolute atomic E-state index is 0.102. The van der Waals surface area contributed by atoms with Gasteiger partial charge in [-0.25, -0.2) is 4.39 Å². The quantitative estimate of drug-likeness (QED) is 0.771. The zero-order valence-corrected chi connectivity index (χ0v) is 8.97. The van der Waals surface area contributed by atoms with Gasteiger partial charge in [-0.15, -0.1) is 0 Å². The van der Waals surface area contributed by atoms with Crippen molar-refractivity contribution in [3.8, 4) is 0 Å². The van der Waals surface area contributed by atoms with Crippen molar-refractivity contribution in [3.63, 3.8) is 0 Å². The predicted octanol–water partition coefficient (Wildman–Crippen LogP) is 2.91. The van der Waals surface area contributed by atoms with E-state index >= 15 is 0 Å². The third-order valence-corrected chi connectivity index (χ3v) is 1.93. The summed E-state index contributed by atoms with van der Waals surface area (Å²) in [5.74, 6) is -0.268. The summed E-state index contributed by atoms with van der Waals surface area (Å²) in [6, 6.07) is 4.75. The Bertz CT molecular complexity index is 313. The molecule has 0 atom stereocenters. The monoisotopic (exact) mass is 196 g/mol. The first-order valence-corrected chi connectivity index (χ1v) is 4.80.